The number of aryl methyl sites for hydroxylation is 1. The maximum absolute atomic E-state index is 4.61. The van der Waals surface area contributed by atoms with Crippen LogP contribution in [0.15, 0.2) is 30.3 Å². The van der Waals surface area contributed by atoms with E-state index >= 15 is 0 Å². The lowest BCUT2D eigenvalue weighted by atomic mass is 10.1. The highest BCUT2D eigenvalue weighted by atomic mass is 32.2. The fourth-order valence-corrected chi connectivity index (χ4v) is 4.25. The van der Waals surface area contributed by atoms with E-state index in [2.05, 4.69) is 66.2 Å². The minimum Gasteiger partial charge on any atom is -0.382 e. The smallest absolute Gasteiger partial charge is 0.0725 e. The van der Waals surface area contributed by atoms with Crippen LogP contribution in [-0.4, -0.2) is 22.0 Å². The maximum atomic E-state index is 4.61. The minimum atomic E-state index is 0.615. The molecule has 0 radical (unpaired) electrons. The number of benzene rings is 1. The van der Waals surface area contributed by atoms with Gasteiger partial charge in [0.2, 0.25) is 0 Å². The van der Waals surface area contributed by atoms with E-state index in [1.807, 2.05) is 0 Å². The zero-order valence-corrected chi connectivity index (χ0v) is 13.0. The van der Waals surface area contributed by atoms with E-state index in [9.17, 15) is 0 Å². The van der Waals surface area contributed by atoms with Crippen LogP contribution in [0.25, 0.3) is 10.9 Å². The van der Waals surface area contributed by atoms with Crippen LogP contribution >= 0.6 is 11.8 Å². The molecule has 0 amide bonds. The molecule has 1 aromatic heterocycles. The lowest BCUT2D eigenvalue weighted by Crippen LogP contribution is -2.16. The molecule has 2 atom stereocenters. The fraction of sp³-hybridized carbons (Fsp3) is 0.471. The standard InChI is InChI=1S/C17H22N2S/c1-3-20-14-9-8-13(11-14)19-17-10-12(2)18-16-7-5-4-6-15(16)17/h4-7,10,13-14H,3,8-9,11H2,1-2H3,(H,18,19). The number of pyridine rings is 1. The number of aromatic nitrogens is 1. The number of fused-ring (bicyclic) bond motifs is 1. The van der Waals surface area contributed by atoms with Gasteiger partial charge in [-0.25, -0.2) is 0 Å². The lowest BCUT2D eigenvalue weighted by molar-refractivity contribution is 0.758. The van der Waals surface area contributed by atoms with Gasteiger partial charge in [-0.15, -0.1) is 0 Å². The molecular formula is C17H22N2S. The first kappa shape index (κ1) is 13.7. The average molecular weight is 286 g/mol. The summed E-state index contributed by atoms with van der Waals surface area (Å²) in [7, 11) is 0. The molecule has 3 heteroatoms. The summed E-state index contributed by atoms with van der Waals surface area (Å²) in [5.74, 6) is 1.23. The third-order valence-electron chi connectivity index (χ3n) is 3.99. The Labute approximate surface area is 125 Å². The van der Waals surface area contributed by atoms with Crippen LogP contribution in [0.5, 0.6) is 0 Å². The van der Waals surface area contributed by atoms with Crippen LogP contribution in [-0.2, 0) is 0 Å². The highest BCUT2D eigenvalue weighted by Gasteiger charge is 2.24. The van der Waals surface area contributed by atoms with Crippen LogP contribution in [0.2, 0.25) is 0 Å². The molecule has 1 saturated carbocycles. The maximum Gasteiger partial charge on any atom is 0.0725 e. The van der Waals surface area contributed by atoms with E-state index in [0.717, 1.165) is 16.5 Å². The first-order valence-corrected chi connectivity index (χ1v) is 8.55. The second kappa shape index (κ2) is 6.04. The van der Waals surface area contributed by atoms with E-state index in [1.165, 1.54) is 36.1 Å². The largest absolute Gasteiger partial charge is 0.382 e. The van der Waals surface area contributed by atoms with Gasteiger partial charge in [0.15, 0.2) is 0 Å². The molecule has 3 rings (SSSR count). The van der Waals surface area contributed by atoms with Gasteiger partial charge in [-0.3, -0.25) is 4.98 Å². The first-order valence-electron chi connectivity index (χ1n) is 7.51. The molecule has 1 aromatic carbocycles. The van der Waals surface area contributed by atoms with Crippen molar-refractivity contribution in [3.8, 4) is 0 Å². The Balaban J connectivity index is 1.81. The molecule has 1 aliphatic carbocycles. The van der Waals surface area contributed by atoms with Crippen molar-refractivity contribution in [2.24, 2.45) is 0 Å². The van der Waals surface area contributed by atoms with Crippen molar-refractivity contribution >= 4 is 28.4 Å². The van der Waals surface area contributed by atoms with E-state index in [-0.39, 0.29) is 0 Å². The van der Waals surface area contributed by atoms with Gasteiger partial charge in [0.1, 0.15) is 0 Å². The van der Waals surface area contributed by atoms with Crippen molar-refractivity contribution in [1.29, 1.82) is 0 Å². The van der Waals surface area contributed by atoms with E-state index < -0.39 is 0 Å². The lowest BCUT2D eigenvalue weighted by Gasteiger charge is -2.17. The summed E-state index contributed by atoms with van der Waals surface area (Å²) in [6, 6.07) is 11.2. The highest BCUT2D eigenvalue weighted by molar-refractivity contribution is 7.99. The summed E-state index contributed by atoms with van der Waals surface area (Å²) < 4.78 is 0. The third kappa shape index (κ3) is 2.93. The fourth-order valence-electron chi connectivity index (χ4n) is 3.11. The van der Waals surface area contributed by atoms with Crippen molar-refractivity contribution in [3.63, 3.8) is 0 Å². The molecule has 1 heterocycles. The number of thioether (sulfide) groups is 1. The predicted octanol–water partition coefficient (Wildman–Crippen LogP) is 4.63. The Morgan fingerprint density at radius 3 is 3.00 bits per heavy atom. The Morgan fingerprint density at radius 1 is 1.30 bits per heavy atom. The van der Waals surface area contributed by atoms with E-state index in [4.69, 9.17) is 0 Å². The molecular weight excluding hydrogens is 264 g/mol. The number of rotatable bonds is 4. The predicted molar refractivity (Wildman–Crippen MR) is 89.7 cm³/mol. The normalized spacial score (nSPS) is 22.3. The molecule has 0 spiro atoms. The highest BCUT2D eigenvalue weighted by Crippen LogP contribution is 2.33. The topological polar surface area (TPSA) is 24.9 Å². The second-order valence-electron chi connectivity index (χ2n) is 5.56. The SMILES string of the molecule is CCSC1CCC(Nc2cc(C)nc3ccccc23)C1. The molecule has 2 aromatic rings. The number of nitrogens with zero attached hydrogens (tertiary/aromatic N) is 1. The molecule has 1 N–H and O–H groups in total. The molecule has 1 aliphatic rings. The van der Waals surface area contributed by atoms with Gasteiger partial charge in [-0.05, 0) is 44.1 Å². The number of anilines is 1. The van der Waals surface area contributed by atoms with Crippen molar-refractivity contribution in [3.05, 3.63) is 36.0 Å². The quantitative estimate of drug-likeness (QED) is 0.887. The molecule has 2 unspecified atom stereocenters. The van der Waals surface area contributed by atoms with Crippen molar-refractivity contribution in [2.75, 3.05) is 11.1 Å². The number of hydrogen-bond donors (Lipinski definition) is 1. The van der Waals surface area contributed by atoms with Crippen LogP contribution in [0, 0.1) is 6.92 Å². The third-order valence-corrected chi connectivity index (χ3v) is 5.22. The summed E-state index contributed by atoms with van der Waals surface area (Å²) in [6.07, 6.45) is 3.92. The average Bonchev–Trinajstić information content (AvgIpc) is 2.86. The summed E-state index contributed by atoms with van der Waals surface area (Å²) in [4.78, 5) is 4.61. The van der Waals surface area contributed by atoms with Crippen molar-refractivity contribution < 1.29 is 0 Å². The Kier molecular flexibility index (Phi) is 4.16. The first-order chi connectivity index (χ1) is 9.76. The van der Waals surface area contributed by atoms with Crippen LogP contribution < -0.4 is 5.32 Å². The molecule has 1 fully saturated rings. The van der Waals surface area contributed by atoms with Gasteiger partial charge >= 0.3 is 0 Å². The Morgan fingerprint density at radius 2 is 2.15 bits per heavy atom. The number of hydrogen-bond acceptors (Lipinski definition) is 3. The van der Waals surface area contributed by atoms with E-state index in [0.29, 0.717) is 6.04 Å². The van der Waals surface area contributed by atoms with Crippen LogP contribution in [0.1, 0.15) is 31.9 Å². The monoisotopic (exact) mass is 286 g/mol. The van der Waals surface area contributed by atoms with E-state index in [1.54, 1.807) is 0 Å². The number of nitrogens with one attached hydrogen (secondary N) is 1. The minimum absolute atomic E-state index is 0.615. The van der Waals surface area contributed by atoms with Crippen molar-refractivity contribution in [1.82, 2.24) is 4.98 Å². The molecule has 0 saturated heterocycles. The van der Waals surface area contributed by atoms with Gasteiger partial charge in [-0.1, -0.05) is 25.1 Å². The van der Waals surface area contributed by atoms with Gasteiger partial charge in [0.05, 0.1) is 5.52 Å². The number of para-hydroxylation sites is 1. The summed E-state index contributed by atoms with van der Waals surface area (Å²) in [5.41, 5.74) is 3.43. The summed E-state index contributed by atoms with van der Waals surface area (Å²) in [5, 5.41) is 5.84. The Hall–Kier alpha value is -1.22. The van der Waals surface area contributed by atoms with Gasteiger partial charge < -0.3 is 5.32 Å². The molecule has 0 aliphatic heterocycles. The van der Waals surface area contributed by atoms with Crippen LogP contribution in [0.3, 0.4) is 0 Å². The van der Waals surface area contributed by atoms with Gasteiger partial charge in [-0.2, -0.15) is 11.8 Å². The zero-order valence-electron chi connectivity index (χ0n) is 12.2. The zero-order chi connectivity index (χ0) is 13.9. The van der Waals surface area contributed by atoms with Gasteiger partial charge in [0, 0.05) is 28.1 Å². The van der Waals surface area contributed by atoms with Crippen LogP contribution in [0.4, 0.5) is 5.69 Å². The molecule has 106 valence electrons. The summed E-state index contributed by atoms with van der Waals surface area (Å²) >= 11 is 2.11. The molecule has 20 heavy (non-hydrogen) atoms. The van der Waals surface area contributed by atoms with Crippen molar-refractivity contribution in [2.45, 2.75) is 44.4 Å². The molecule has 2 nitrogen and oxygen atoms in total. The van der Waals surface area contributed by atoms with Gasteiger partial charge in [0.25, 0.3) is 0 Å². The molecule has 0 bridgehead atoms. The summed E-state index contributed by atoms with van der Waals surface area (Å²) in [6.45, 7) is 4.33. The second-order valence-corrected chi connectivity index (χ2v) is 7.14. The Bertz CT molecular complexity index is 597.